The first-order chi connectivity index (χ1) is 10.6. The maximum absolute atomic E-state index is 12.2. The van der Waals surface area contributed by atoms with E-state index in [1.54, 1.807) is 31.2 Å². The minimum absolute atomic E-state index is 0.153. The second kappa shape index (κ2) is 6.27. The zero-order valence-electron chi connectivity index (χ0n) is 12.5. The highest BCUT2D eigenvalue weighted by Crippen LogP contribution is 2.20. The van der Waals surface area contributed by atoms with Crippen LogP contribution < -0.4 is 5.32 Å². The number of rotatable bonds is 3. The summed E-state index contributed by atoms with van der Waals surface area (Å²) in [5, 5.41) is 20.6. The monoisotopic (exact) mass is 301 g/mol. The quantitative estimate of drug-likeness (QED) is 0.906. The van der Waals surface area contributed by atoms with Crippen LogP contribution in [0.1, 0.15) is 41.9 Å². The van der Waals surface area contributed by atoms with Crippen molar-refractivity contribution in [2.75, 3.05) is 0 Å². The van der Waals surface area contributed by atoms with E-state index in [0.717, 1.165) is 31.2 Å². The number of hydrogen-bond acceptors (Lipinski definition) is 5. The van der Waals surface area contributed by atoms with Crippen LogP contribution in [0.2, 0.25) is 0 Å². The second-order valence-electron chi connectivity index (χ2n) is 5.64. The molecule has 0 saturated heterocycles. The highest BCUT2D eigenvalue weighted by atomic mass is 16.4. The fourth-order valence-corrected chi connectivity index (χ4v) is 2.71. The smallest absolute Gasteiger partial charge is 0.251 e. The van der Waals surface area contributed by atoms with Gasteiger partial charge in [0, 0.05) is 18.1 Å². The van der Waals surface area contributed by atoms with E-state index in [2.05, 4.69) is 15.5 Å². The highest BCUT2D eigenvalue weighted by molar-refractivity contribution is 5.94. The third-order valence-electron chi connectivity index (χ3n) is 3.97. The number of nitrogens with zero attached hydrogens (tertiary/aromatic N) is 2. The lowest BCUT2D eigenvalue weighted by Crippen LogP contribution is -2.45. The molecule has 0 aliphatic heterocycles. The van der Waals surface area contributed by atoms with E-state index >= 15 is 0 Å². The standard InChI is InChI=1S/C16H19N3O3/c1-10-18-19-16(22-10)12-8-6-11(7-9-12)15(21)17-13-4-2-3-5-14(13)20/h6-9,13-14,20H,2-5H2,1H3,(H,17,21). The van der Waals surface area contributed by atoms with Gasteiger partial charge in [-0.05, 0) is 37.1 Å². The van der Waals surface area contributed by atoms with Crippen LogP contribution in [0.15, 0.2) is 28.7 Å². The van der Waals surface area contributed by atoms with E-state index in [-0.39, 0.29) is 11.9 Å². The summed E-state index contributed by atoms with van der Waals surface area (Å²) in [6.45, 7) is 1.73. The number of carbonyl (C=O) groups is 1. The molecule has 0 spiro atoms. The van der Waals surface area contributed by atoms with Crippen molar-refractivity contribution in [3.05, 3.63) is 35.7 Å². The molecule has 1 aromatic carbocycles. The molecule has 3 rings (SSSR count). The van der Waals surface area contributed by atoms with Crippen LogP contribution in [0.4, 0.5) is 0 Å². The first-order valence-corrected chi connectivity index (χ1v) is 7.53. The van der Waals surface area contributed by atoms with Crippen LogP contribution in [0.3, 0.4) is 0 Å². The summed E-state index contributed by atoms with van der Waals surface area (Å²) in [6.07, 6.45) is 3.19. The third kappa shape index (κ3) is 3.17. The number of aromatic nitrogens is 2. The first kappa shape index (κ1) is 14.7. The van der Waals surface area contributed by atoms with Crippen molar-refractivity contribution in [3.63, 3.8) is 0 Å². The molecule has 1 aromatic heterocycles. The van der Waals surface area contributed by atoms with Crippen molar-refractivity contribution in [2.45, 2.75) is 44.8 Å². The lowest BCUT2D eigenvalue weighted by molar-refractivity contribution is 0.0717. The number of nitrogens with one attached hydrogen (secondary N) is 1. The van der Waals surface area contributed by atoms with E-state index in [1.165, 1.54) is 0 Å². The molecule has 2 atom stereocenters. The van der Waals surface area contributed by atoms with Crippen molar-refractivity contribution in [1.82, 2.24) is 15.5 Å². The van der Waals surface area contributed by atoms with Gasteiger partial charge in [-0.15, -0.1) is 10.2 Å². The number of carbonyl (C=O) groups excluding carboxylic acids is 1. The van der Waals surface area contributed by atoms with Gasteiger partial charge in [-0.1, -0.05) is 12.8 Å². The normalized spacial score (nSPS) is 21.5. The van der Waals surface area contributed by atoms with Crippen LogP contribution in [-0.2, 0) is 0 Å². The van der Waals surface area contributed by atoms with Crippen LogP contribution in [0.5, 0.6) is 0 Å². The number of aliphatic hydroxyl groups is 1. The van der Waals surface area contributed by atoms with Gasteiger partial charge in [0.1, 0.15) is 0 Å². The van der Waals surface area contributed by atoms with Crippen molar-refractivity contribution in [2.24, 2.45) is 0 Å². The summed E-state index contributed by atoms with van der Waals surface area (Å²) in [4.78, 5) is 12.2. The zero-order chi connectivity index (χ0) is 15.5. The largest absolute Gasteiger partial charge is 0.421 e. The van der Waals surface area contributed by atoms with Gasteiger partial charge in [0.2, 0.25) is 11.8 Å². The number of hydrogen-bond donors (Lipinski definition) is 2. The minimum Gasteiger partial charge on any atom is -0.421 e. The molecular weight excluding hydrogens is 282 g/mol. The molecule has 6 heteroatoms. The fraction of sp³-hybridized carbons (Fsp3) is 0.438. The molecule has 0 bridgehead atoms. The van der Waals surface area contributed by atoms with Crippen molar-refractivity contribution in [1.29, 1.82) is 0 Å². The van der Waals surface area contributed by atoms with Crippen LogP contribution in [-0.4, -0.2) is 33.4 Å². The van der Waals surface area contributed by atoms with Gasteiger partial charge in [-0.3, -0.25) is 4.79 Å². The Morgan fingerprint density at radius 2 is 1.95 bits per heavy atom. The topological polar surface area (TPSA) is 88.2 Å². The van der Waals surface area contributed by atoms with Gasteiger partial charge in [0.05, 0.1) is 12.1 Å². The summed E-state index contributed by atoms with van der Waals surface area (Å²) in [7, 11) is 0. The van der Waals surface area contributed by atoms with Crippen LogP contribution >= 0.6 is 0 Å². The Balaban J connectivity index is 1.68. The van der Waals surface area contributed by atoms with Gasteiger partial charge in [0.15, 0.2) is 0 Å². The third-order valence-corrected chi connectivity index (χ3v) is 3.97. The van der Waals surface area contributed by atoms with Crippen molar-refractivity contribution >= 4 is 5.91 Å². The maximum Gasteiger partial charge on any atom is 0.251 e. The number of amides is 1. The van der Waals surface area contributed by atoms with Crippen molar-refractivity contribution in [3.8, 4) is 11.5 Å². The summed E-state index contributed by atoms with van der Waals surface area (Å²) >= 11 is 0. The SMILES string of the molecule is Cc1nnc(-c2ccc(C(=O)NC3CCCCC3O)cc2)o1. The van der Waals surface area contributed by atoms with Crippen LogP contribution in [0.25, 0.3) is 11.5 Å². The predicted octanol–water partition coefficient (Wildman–Crippen LogP) is 2.08. The van der Waals surface area contributed by atoms with Gasteiger partial charge >= 0.3 is 0 Å². The lowest BCUT2D eigenvalue weighted by Gasteiger charge is -2.28. The van der Waals surface area contributed by atoms with Crippen molar-refractivity contribution < 1.29 is 14.3 Å². The van der Waals surface area contributed by atoms with Gasteiger partial charge in [-0.25, -0.2) is 0 Å². The Kier molecular flexibility index (Phi) is 4.20. The van der Waals surface area contributed by atoms with Gasteiger partial charge in [-0.2, -0.15) is 0 Å². The highest BCUT2D eigenvalue weighted by Gasteiger charge is 2.24. The summed E-state index contributed by atoms with van der Waals surface area (Å²) < 4.78 is 5.35. The molecule has 2 aromatic rings. The summed E-state index contributed by atoms with van der Waals surface area (Å²) in [5.41, 5.74) is 1.33. The summed E-state index contributed by atoms with van der Waals surface area (Å²) in [6, 6.07) is 6.84. The Morgan fingerprint density at radius 1 is 1.23 bits per heavy atom. The van der Waals surface area contributed by atoms with E-state index in [0.29, 0.717) is 17.3 Å². The molecule has 2 N–H and O–H groups in total. The maximum atomic E-state index is 12.2. The average molecular weight is 301 g/mol. The predicted molar refractivity (Wildman–Crippen MR) is 80.2 cm³/mol. The summed E-state index contributed by atoms with van der Waals surface area (Å²) in [5.74, 6) is 0.773. The molecule has 1 saturated carbocycles. The Labute approximate surface area is 128 Å². The molecule has 6 nitrogen and oxygen atoms in total. The molecule has 1 amide bonds. The van der Waals surface area contributed by atoms with E-state index < -0.39 is 6.10 Å². The minimum atomic E-state index is -0.446. The molecule has 1 fully saturated rings. The Morgan fingerprint density at radius 3 is 2.59 bits per heavy atom. The molecule has 1 aliphatic rings. The lowest BCUT2D eigenvalue weighted by atomic mass is 9.92. The number of aryl methyl sites for hydroxylation is 1. The first-order valence-electron chi connectivity index (χ1n) is 7.53. The van der Waals surface area contributed by atoms with E-state index in [9.17, 15) is 9.90 Å². The van der Waals surface area contributed by atoms with E-state index in [1.807, 2.05) is 0 Å². The molecule has 1 heterocycles. The molecule has 0 radical (unpaired) electrons. The number of benzene rings is 1. The molecule has 1 aliphatic carbocycles. The van der Waals surface area contributed by atoms with Gasteiger partial charge < -0.3 is 14.8 Å². The average Bonchev–Trinajstić information content (AvgIpc) is 2.96. The molecular formula is C16H19N3O3. The Hall–Kier alpha value is -2.21. The number of aliphatic hydroxyl groups excluding tert-OH is 1. The molecule has 116 valence electrons. The fourth-order valence-electron chi connectivity index (χ4n) is 2.71. The van der Waals surface area contributed by atoms with E-state index in [4.69, 9.17) is 4.42 Å². The Bertz CT molecular complexity index is 651. The zero-order valence-corrected chi connectivity index (χ0v) is 12.5. The second-order valence-corrected chi connectivity index (χ2v) is 5.64. The molecule has 2 unspecified atom stereocenters. The van der Waals surface area contributed by atoms with Gasteiger partial charge in [0.25, 0.3) is 5.91 Å². The molecule has 22 heavy (non-hydrogen) atoms. The van der Waals surface area contributed by atoms with Crippen LogP contribution in [0, 0.1) is 6.92 Å².